The number of hydrogen-bond acceptors (Lipinski definition) is 4. The predicted octanol–water partition coefficient (Wildman–Crippen LogP) is 1.70. The number of piperazine rings is 1. The summed E-state index contributed by atoms with van der Waals surface area (Å²) in [4.78, 5) is 2.32. The monoisotopic (exact) mass is 310 g/mol. The maximum Gasteiger partial charge on any atom is 0.148 e. The SMILES string of the molecule is CC(C)C1CN(CCS(C)(=O)=O)C(c2ccccc2)CN1. The highest BCUT2D eigenvalue weighted by Gasteiger charge is 2.30. The molecule has 0 radical (unpaired) electrons. The smallest absolute Gasteiger partial charge is 0.148 e. The van der Waals surface area contributed by atoms with Crippen LogP contribution in [0.1, 0.15) is 25.5 Å². The van der Waals surface area contributed by atoms with Gasteiger partial charge in [0.05, 0.1) is 5.75 Å². The van der Waals surface area contributed by atoms with E-state index in [1.54, 1.807) is 0 Å². The van der Waals surface area contributed by atoms with Crippen molar-refractivity contribution in [2.24, 2.45) is 5.92 Å². The van der Waals surface area contributed by atoms with Crippen LogP contribution in [0.3, 0.4) is 0 Å². The topological polar surface area (TPSA) is 49.4 Å². The van der Waals surface area contributed by atoms with Gasteiger partial charge in [-0.3, -0.25) is 4.90 Å². The van der Waals surface area contributed by atoms with Gasteiger partial charge in [0.25, 0.3) is 0 Å². The third-order valence-electron chi connectivity index (χ3n) is 4.18. The summed E-state index contributed by atoms with van der Waals surface area (Å²) in [6.07, 6.45) is 1.31. The molecule has 0 aliphatic carbocycles. The molecule has 1 aromatic rings. The van der Waals surface area contributed by atoms with E-state index in [0.717, 1.165) is 13.1 Å². The van der Waals surface area contributed by atoms with Crippen LogP contribution in [0.25, 0.3) is 0 Å². The van der Waals surface area contributed by atoms with Crippen molar-refractivity contribution >= 4 is 9.84 Å². The minimum atomic E-state index is -2.93. The Morgan fingerprint density at radius 2 is 1.95 bits per heavy atom. The van der Waals surface area contributed by atoms with Crippen LogP contribution in [0.4, 0.5) is 0 Å². The van der Waals surface area contributed by atoms with E-state index >= 15 is 0 Å². The lowest BCUT2D eigenvalue weighted by atomic mass is 9.96. The number of benzene rings is 1. The maximum atomic E-state index is 11.5. The molecular weight excluding hydrogens is 284 g/mol. The number of nitrogens with one attached hydrogen (secondary N) is 1. The summed E-state index contributed by atoms with van der Waals surface area (Å²) >= 11 is 0. The van der Waals surface area contributed by atoms with Crippen LogP contribution in [0.2, 0.25) is 0 Å². The summed E-state index contributed by atoms with van der Waals surface area (Å²) in [5.41, 5.74) is 1.25. The molecule has 0 aromatic heterocycles. The van der Waals surface area contributed by atoms with Gasteiger partial charge in [-0.2, -0.15) is 0 Å². The summed E-state index contributed by atoms with van der Waals surface area (Å²) in [7, 11) is -2.93. The first kappa shape index (κ1) is 16.5. The van der Waals surface area contributed by atoms with Gasteiger partial charge in [-0.05, 0) is 11.5 Å². The molecule has 1 aromatic carbocycles. The zero-order valence-corrected chi connectivity index (χ0v) is 13.9. The Kier molecular flexibility index (Phi) is 5.41. The lowest BCUT2D eigenvalue weighted by Gasteiger charge is -2.42. The summed E-state index contributed by atoms with van der Waals surface area (Å²) in [6.45, 7) is 6.77. The van der Waals surface area contributed by atoms with Gasteiger partial charge in [-0.25, -0.2) is 8.42 Å². The number of sulfone groups is 1. The highest BCUT2D eigenvalue weighted by Crippen LogP contribution is 2.25. The van der Waals surface area contributed by atoms with Crippen molar-refractivity contribution < 1.29 is 8.42 Å². The zero-order chi connectivity index (χ0) is 15.5. The van der Waals surface area contributed by atoms with Gasteiger partial charge >= 0.3 is 0 Å². The molecule has 2 atom stereocenters. The van der Waals surface area contributed by atoms with Gasteiger partial charge in [0.1, 0.15) is 9.84 Å². The fraction of sp³-hybridized carbons (Fsp3) is 0.625. The normalized spacial score (nSPS) is 24.4. The van der Waals surface area contributed by atoms with Crippen molar-refractivity contribution in [2.45, 2.75) is 25.9 Å². The Morgan fingerprint density at radius 1 is 1.29 bits per heavy atom. The van der Waals surface area contributed by atoms with Crippen LogP contribution in [-0.4, -0.2) is 51.0 Å². The van der Waals surface area contributed by atoms with Crippen LogP contribution >= 0.6 is 0 Å². The summed E-state index contributed by atoms with van der Waals surface area (Å²) < 4.78 is 23.0. The Labute approximate surface area is 128 Å². The third kappa shape index (κ3) is 4.80. The van der Waals surface area contributed by atoms with Crippen molar-refractivity contribution in [1.82, 2.24) is 10.2 Å². The molecule has 0 amide bonds. The van der Waals surface area contributed by atoms with E-state index in [1.807, 2.05) is 18.2 Å². The molecule has 2 unspecified atom stereocenters. The Morgan fingerprint density at radius 3 is 2.52 bits per heavy atom. The van der Waals surface area contributed by atoms with Crippen LogP contribution in [0.5, 0.6) is 0 Å². The average Bonchev–Trinajstić information content (AvgIpc) is 2.45. The van der Waals surface area contributed by atoms with Crippen molar-refractivity contribution in [3.8, 4) is 0 Å². The lowest BCUT2D eigenvalue weighted by molar-refractivity contribution is 0.120. The Hall–Kier alpha value is -0.910. The molecule has 4 nitrogen and oxygen atoms in total. The zero-order valence-electron chi connectivity index (χ0n) is 13.1. The fourth-order valence-electron chi connectivity index (χ4n) is 2.82. The third-order valence-corrected chi connectivity index (χ3v) is 5.11. The van der Waals surface area contributed by atoms with Crippen molar-refractivity contribution in [1.29, 1.82) is 0 Å². The summed E-state index contributed by atoms with van der Waals surface area (Å²) in [5, 5.41) is 3.60. The van der Waals surface area contributed by atoms with Crippen LogP contribution < -0.4 is 5.32 Å². The molecule has 0 saturated carbocycles. The largest absolute Gasteiger partial charge is 0.311 e. The summed E-state index contributed by atoms with van der Waals surface area (Å²) in [5.74, 6) is 0.767. The van der Waals surface area contributed by atoms with E-state index < -0.39 is 9.84 Å². The van der Waals surface area contributed by atoms with E-state index in [1.165, 1.54) is 11.8 Å². The molecule has 118 valence electrons. The number of rotatable bonds is 5. The Balaban J connectivity index is 2.14. The van der Waals surface area contributed by atoms with Crippen molar-refractivity contribution in [3.05, 3.63) is 35.9 Å². The van der Waals surface area contributed by atoms with Gasteiger partial charge in [-0.1, -0.05) is 44.2 Å². The highest BCUT2D eigenvalue weighted by atomic mass is 32.2. The number of nitrogens with zero attached hydrogens (tertiary/aromatic N) is 1. The molecule has 1 aliphatic heterocycles. The van der Waals surface area contributed by atoms with E-state index in [9.17, 15) is 8.42 Å². The van der Waals surface area contributed by atoms with Gasteiger partial charge < -0.3 is 5.32 Å². The van der Waals surface area contributed by atoms with Crippen LogP contribution in [0, 0.1) is 5.92 Å². The number of hydrogen-bond donors (Lipinski definition) is 1. The molecule has 1 N–H and O–H groups in total. The minimum Gasteiger partial charge on any atom is -0.311 e. The van der Waals surface area contributed by atoms with Gasteiger partial charge in [0.15, 0.2) is 0 Å². The first-order valence-corrected chi connectivity index (χ1v) is 9.63. The highest BCUT2D eigenvalue weighted by molar-refractivity contribution is 7.90. The molecular formula is C16H26N2O2S. The van der Waals surface area contributed by atoms with E-state index in [2.05, 4.69) is 36.2 Å². The van der Waals surface area contributed by atoms with Crippen molar-refractivity contribution in [2.75, 3.05) is 31.6 Å². The molecule has 1 aliphatic rings. The van der Waals surface area contributed by atoms with Crippen molar-refractivity contribution in [3.63, 3.8) is 0 Å². The second kappa shape index (κ2) is 6.90. The Bertz CT molecular complexity index is 543. The minimum absolute atomic E-state index is 0.223. The van der Waals surface area contributed by atoms with Gasteiger partial charge in [-0.15, -0.1) is 0 Å². The quantitative estimate of drug-likeness (QED) is 0.899. The van der Waals surface area contributed by atoms with Crippen LogP contribution in [0.15, 0.2) is 30.3 Å². The first-order chi connectivity index (χ1) is 9.87. The van der Waals surface area contributed by atoms with Gasteiger partial charge in [0, 0.05) is 38.0 Å². The van der Waals surface area contributed by atoms with E-state index in [4.69, 9.17) is 0 Å². The standard InChI is InChI=1S/C16H26N2O2S/c1-13(2)15-12-18(9-10-21(3,19)20)16(11-17-15)14-7-5-4-6-8-14/h4-8,13,15-17H,9-12H2,1-3H3. The molecule has 5 heteroatoms. The fourth-order valence-corrected chi connectivity index (χ4v) is 3.38. The predicted molar refractivity (Wildman–Crippen MR) is 87.1 cm³/mol. The second-order valence-electron chi connectivity index (χ2n) is 6.31. The van der Waals surface area contributed by atoms with Gasteiger partial charge in [0.2, 0.25) is 0 Å². The molecule has 1 heterocycles. The molecule has 0 bridgehead atoms. The van der Waals surface area contributed by atoms with Crippen LogP contribution in [-0.2, 0) is 9.84 Å². The molecule has 0 spiro atoms. The lowest BCUT2D eigenvalue weighted by Crippen LogP contribution is -2.55. The summed E-state index contributed by atoms with van der Waals surface area (Å²) in [6, 6.07) is 11.0. The molecule has 1 fully saturated rings. The van der Waals surface area contributed by atoms with E-state index in [-0.39, 0.29) is 11.8 Å². The molecule has 2 rings (SSSR count). The molecule has 21 heavy (non-hydrogen) atoms. The molecule has 1 saturated heterocycles. The second-order valence-corrected chi connectivity index (χ2v) is 8.57. The maximum absolute atomic E-state index is 11.5. The van der Waals surface area contributed by atoms with E-state index in [0.29, 0.717) is 18.5 Å². The average molecular weight is 310 g/mol. The first-order valence-electron chi connectivity index (χ1n) is 7.57.